The lowest BCUT2D eigenvalue weighted by Gasteiger charge is -2.27. The number of benzene rings is 1. The van der Waals surface area contributed by atoms with Crippen LogP contribution in [0.25, 0.3) is 0 Å². The molecule has 1 atom stereocenters. The van der Waals surface area contributed by atoms with Gasteiger partial charge in [0.05, 0.1) is 5.56 Å². The Kier molecular flexibility index (Phi) is 3.78. The molecule has 2 rings (SSSR count). The minimum absolute atomic E-state index is 0.102. The molecule has 0 radical (unpaired) electrons. The fraction of sp³-hybridized carbons (Fsp3) is 0.462. The average molecular weight is 288 g/mol. The Morgan fingerprint density at radius 1 is 1.45 bits per heavy atom. The third kappa shape index (κ3) is 2.97. The number of likely N-dealkylation sites (tertiary alicyclic amines) is 1. The number of carbonyl (C=O) groups is 1. The molecule has 4 nitrogen and oxygen atoms in total. The average Bonchev–Trinajstić information content (AvgIpc) is 2.87. The van der Waals surface area contributed by atoms with Crippen LogP contribution in [0.3, 0.4) is 0 Å². The normalized spacial score (nSPS) is 19.2. The number of halogens is 3. The molecule has 1 aromatic rings. The fourth-order valence-electron chi connectivity index (χ4n) is 2.34. The first kappa shape index (κ1) is 14.5. The van der Waals surface area contributed by atoms with E-state index in [-0.39, 0.29) is 6.04 Å². The molecular weight excluding hydrogens is 273 g/mol. The molecule has 1 heterocycles. The summed E-state index contributed by atoms with van der Waals surface area (Å²) >= 11 is 0. The SMILES string of the molecule is CN(c1cccc(C(F)(F)F)c1)[C@H]1CCN(C(=O)O)C1. The summed E-state index contributed by atoms with van der Waals surface area (Å²) in [6.07, 6.45) is -4.76. The van der Waals surface area contributed by atoms with E-state index in [2.05, 4.69) is 0 Å². The summed E-state index contributed by atoms with van der Waals surface area (Å²) in [6, 6.07) is 4.96. The van der Waals surface area contributed by atoms with Crippen LogP contribution in [0.5, 0.6) is 0 Å². The number of likely N-dealkylation sites (N-methyl/N-ethyl adjacent to an activating group) is 1. The summed E-state index contributed by atoms with van der Waals surface area (Å²) in [6.45, 7) is 0.714. The van der Waals surface area contributed by atoms with Gasteiger partial charge in [0.15, 0.2) is 0 Å². The molecule has 0 aliphatic carbocycles. The van der Waals surface area contributed by atoms with Crippen LogP contribution >= 0.6 is 0 Å². The van der Waals surface area contributed by atoms with Crippen LogP contribution in [-0.4, -0.2) is 42.3 Å². The lowest BCUT2D eigenvalue weighted by molar-refractivity contribution is -0.137. The number of rotatable bonds is 2. The molecule has 1 aliphatic rings. The van der Waals surface area contributed by atoms with Crippen molar-refractivity contribution in [2.24, 2.45) is 0 Å². The van der Waals surface area contributed by atoms with Gasteiger partial charge >= 0.3 is 12.3 Å². The molecule has 0 spiro atoms. The topological polar surface area (TPSA) is 43.8 Å². The molecule has 1 aliphatic heterocycles. The predicted octanol–water partition coefficient (Wildman–Crippen LogP) is 2.89. The molecule has 0 aromatic heterocycles. The van der Waals surface area contributed by atoms with Crippen molar-refractivity contribution in [2.75, 3.05) is 25.0 Å². The lowest BCUT2D eigenvalue weighted by atomic mass is 10.1. The molecule has 20 heavy (non-hydrogen) atoms. The van der Waals surface area contributed by atoms with E-state index in [0.717, 1.165) is 12.1 Å². The van der Waals surface area contributed by atoms with E-state index in [1.807, 2.05) is 0 Å². The number of alkyl halides is 3. The fourth-order valence-corrected chi connectivity index (χ4v) is 2.34. The number of carboxylic acid groups (broad SMARTS) is 1. The van der Waals surface area contributed by atoms with Crippen LogP contribution in [0, 0.1) is 0 Å². The monoisotopic (exact) mass is 288 g/mol. The first-order valence-electron chi connectivity index (χ1n) is 6.17. The maximum Gasteiger partial charge on any atom is 0.416 e. The van der Waals surface area contributed by atoms with Crippen molar-refractivity contribution in [3.05, 3.63) is 29.8 Å². The molecule has 0 saturated carbocycles. The summed E-state index contributed by atoms with van der Waals surface area (Å²) in [5, 5.41) is 8.89. The van der Waals surface area contributed by atoms with E-state index in [1.165, 1.54) is 11.0 Å². The van der Waals surface area contributed by atoms with Gasteiger partial charge in [0.2, 0.25) is 0 Å². The Balaban J connectivity index is 2.14. The number of hydrogen-bond acceptors (Lipinski definition) is 2. The molecule has 1 saturated heterocycles. The van der Waals surface area contributed by atoms with E-state index in [1.54, 1.807) is 18.0 Å². The predicted molar refractivity (Wildman–Crippen MR) is 67.8 cm³/mol. The molecule has 1 aromatic carbocycles. The molecule has 110 valence electrons. The van der Waals surface area contributed by atoms with Crippen molar-refractivity contribution in [1.82, 2.24) is 4.90 Å². The Labute approximate surface area is 114 Å². The van der Waals surface area contributed by atoms with Gasteiger partial charge in [-0.25, -0.2) is 4.79 Å². The summed E-state index contributed by atoms with van der Waals surface area (Å²) in [5.74, 6) is 0. The Hall–Kier alpha value is -1.92. The summed E-state index contributed by atoms with van der Waals surface area (Å²) < 4.78 is 38.0. The van der Waals surface area contributed by atoms with Crippen LogP contribution in [0.15, 0.2) is 24.3 Å². The number of amides is 1. The van der Waals surface area contributed by atoms with Crippen LogP contribution in [0.4, 0.5) is 23.7 Å². The first-order valence-corrected chi connectivity index (χ1v) is 6.17. The third-order valence-corrected chi connectivity index (χ3v) is 3.56. The highest BCUT2D eigenvalue weighted by molar-refractivity contribution is 5.65. The van der Waals surface area contributed by atoms with Gasteiger partial charge in [-0.2, -0.15) is 13.2 Å². The van der Waals surface area contributed by atoms with Gasteiger partial charge < -0.3 is 14.9 Å². The Bertz CT molecular complexity index is 505. The molecule has 1 N–H and O–H groups in total. The highest BCUT2D eigenvalue weighted by atomic mass is 19.4. The van der Waals surface area contributed by atoms with Gasteiger partial charge in [-0.1, -0.05) is 6.07 Å². The van der Waals surface area contributed by atoms with Crippen LogP contribution in [0.2, 0.25) is 0 Å². The van der Waals surface area contributed by atoms with Crippen molar-refractivity contribution in [3.63, 3.8) is 0 Å². The van der Waals surface area contributed by atoms with Crippen molar-refractivity contribution >= 4 is 11.8 Å². The van der Waals surface area contributed by atoms with E-state index < -0.39 is 17.8 Å². The van der Waals surface area contributed by atoms with Crippen molar-refractivity contribution < 1.29 is 23.1 Å². The van der Waals surface area contributed by atoms with Crippen LogP contribution in [0.1, 0.15) is 12.0 Å². The van der Waals surface area contributed by atoms with Gasteiger partial charge in [-0.05, 0) is 24.6 Å². The summed E-state index contributed by atoms with van der Waals surface area (Å²) in [7, 11) is 1.69. The lowest BCUT2D eigenvalue weighted by Crippen LogP contribution is -2.36. The van der Waals surface area contributed by atoms with E-state index in [0.29, 0.717) is 25.2 Å². The Morgan fingerprint density at radius 3 is 2.70 bits per heavy atom. The van der Waals surface area contributed by atoms with E-state index in [4.69, 9.17) is 5.11 Å². The van der Waals surface area contributed by atoms with Crippen molar-refractivity contribution in [1.29, 1.82) is 0 Å². The second-order valence-electron chi connectivity index (χ2n) is 4.83. The van der Waals surface area contributed by atoms with Crippen LogP contribution < -0.4 is 4.90 Å². The second kappa shape index (κ2) is 5.22. The zero-order valence-electron chi connectivity index (χ0n) is 10.9. The maximum atomic E-state index is 12.7. The van der Waals surface area contributed by atoms with Gasteiger partial charge in [-0.15, -0.1) is 0 Å². The molecule has 0 unspecified atom stereocenters. The van der Waals surface area contributed by atoms with E-state index >= 15 is 0 Å². The molecule has 7 heteroatoms. The smallest absolute Gasteiger partial charge is 0.416 e. The van der Waals surface area contributed by atoms with Gasteiger partial charge in [0.1, 0.15) is 0 Å². The number of hydrogen-bond donors (Lipinski definition) is 1. The Morgan fingerprint density at radius 2 is 2.15 bits per heavy atom. The van der Waals surface area contributed by atoms with E-state index in [9.17, 15) is 18.0 Å². The highest BCUT2D eigenvalue weighted by Gasteiger charge is 2.32. The zero-order valence-corrected chi connectivity index (χ0v) is 10.9. The number of anilines is 1. The van der Waals surface area contributed by atoms with Crippen molar-refractivity contribution in [2.45, 2.75) is 18.6 Å². The quantitative estimate of drug-likeness (QED) is 0.910. The molecule has 1 amide bonds. The summed E-state index contributed by atoms with van der Waals surface area (Å²) in [4.78, 5) is 13.8. The van der Waals surface area contributed by atoms with Crippen LogP contribution in [-0.2, 0) is 6.18 Å². The summed E-state index contributed by atoms with van der Waals surface area (Å²) in [5.41, 5.74) is -0.257. The van der Waals surface area contributed by atoms with Gasteiger partial charge in [-0.3, -0.25) is 0 Å². The highest BCUT2D eigenvalue weighted by Crippen LogP contribution is 2.32. The number of nitrogens with zero attached hydrogens (tertiary/aromatic N) is 2. The minimum Gasteiger partial charge on any atom is -0.465 e. The standard InChI is InChI=1S/C13H15F3N2O2/c1-17(11-5-6-18(8-11)12(19)20)10-4-2-3-9(7-10)13(14,15)16/h2-4,7,11H,5-6,8H2,1H3,(H,19,20)/t11-/m0/s1. The molecule has 1 fully saturated rings. The maximum absolute atomic E-state index is 12.7. The second-order valence-corrected chi connectivity index (χ2v) is 4.83. The van der Waals surface area contributed by atoms with Crippen molar-refractivity contribution in [3.8, 4) is 0 Å². The molecular formula is C13H15F3N2O2. The third-order valence-electron chi connectivity index (χ3n) is 3.56. The largest absolute Gasteiger partial charge is 0.465 e. The molecule has 0 bridgehead atoms. The first-order chi connectivity index (χ1) is 9.29. The zero-order chi connectivity index (χ0) is 14.9. The van der Waals surface area contributed by atoms with Gasteiger partial charge in [0.25, 0.3) is 0 Å². The minimum atomic E-state index is -4.38. The van der Waals surface area contributed by atoms with Gasteiger partial charge in [0, 0.05) is 31.9 Å².